The second kappa shape index (κ2) is 6.85. The number of sulfone groups is 1. The molecule has 2 aromatic rings. The summed E-state index contributed by atoms with van der Waals surface area (Å²) in [7, 11) is -2.59. The van der Waals surface area contributed by atoms with Crippen LogP contribution in [0.25, 0.3) is 0 Å². The maximum atomic E-state index is 12.6. The van der Waals surface area contributed by atoms with Crippen molar-refractivity contribution in [3.63, 3.8) is 0 Å². The van der Waals surface area contributed by atoms with Crippen molar-refractivity contribution in [2.24, 2.45) is 0 Å². The average molecular weight is 365 g/mol. The van der Waals surface area contributed by atoms with E-state index in [0.29, 0.717) is 0 Å². The first kappa shape index (κ1) is 18.3. The van der Waals surface area contributed by atoms with Gasteiger partial charge in [-0.25, -0.2) is 8.42 Å². The van der Waals surface area contributed by atoms with Crippen molar-refractivity contribution in [2.45, 2.75) is 17.6 Å². The molecule has 0 saturated heterocycles. The number of aryl methyl sites for hydroxylation is 1. The van der Waals surface area contributed by atoms with E-state index < -0.39 is 42.4 Å². The summed E-state index contributed by atoms with van der Waals surface area (Å²) in [4.78, 5) is 20.9. The van der Waals surface area contributed by atoms with Crippen molar-refractivity contribution in [1.29, 1.82) is 0 Å². The second-order valence-electron chi connectivity index (χ2n) is 5.30. The standard InChI is InChI=1S/C15H15N3O6S/c1-10-3-5-11(6-4-10)25(23,24)9-12-14(17(19)20)8-7-13(16-2)15(12)18(21)22/h3-8,16H,9H2,1-2H3. The van der Waals surface area contributed by atoms with E-state index in [1.54, 1.807) is 19.1 Å². The minimum absolute atomic E-state index is 0.00436. The lowest BCUT2D eigenvalue weighted by Gasteiger charge is -2.09. The van der Waals surface area contributed by atoms with Gasteiger partial charge in [-0.05, 0) is 25.1 Å². The van der Waals surface area contributed by atoms with E-state index in [2.05, 4.69) is 5.32 Å². The Morgan fingerprint density at radius 1 is 1.00 bits per heavy atom. The van der Waals surface area contributed by atoms with Crippen molar-refractivity contribution in [2.75, 3.05) is 12.4 Å². The fourth-order valence-corrected chi connectivity index (χ4v) is 3.75. The quantitative estimate of drug-likeness (QED) is 0.614. The van der Waals surface area contributed by atoms with Crippen LogP contribution in [0.5, 0.6) is 0 Å². The Morgan fingerprint density at radius 3 is 2.08 bits per heavy atom. The lowest BCUT2D eigenvalue weighted by Crippen LogP contribution is -2.11. The van der Waals surface area contributed by atoms with Gasteiger partial charge in [0.1, 0.15) is 11.3 Å². The molecule has 0 radical (unpaired) electrons. The van der Waals surface area contributed by atoms with Gasteiger partial charge in [0.05, 0.1) is 20.5 Å². The molecule has 0 aliphatic heterocycles. The number of benzene rings is 2. The normalized spacial score (nSPS) is 11.1. The van der Waals surface area contributed by atoms with Crippen LogP contribution in [-0.2, 0) is 15.6 Å². The minimum Gasteiger partial charge on any atom is -0.383 e. The van der Waals surface area contributed by atoms with Crippen LogP contribution in [0.4, 0.5) is 17.1 Å². The zero-order valence-electron chi connectivity index (χ0n) is 13.4. The maximum absolute atomic E-state index is 12.6. The molecule has 0 fully saturated rings. The van der Waals surface area contributed by atoms with Gasteiger partial charge in [0.2, 0.25) is 0 Å². The molecule has 0 aromatic heterocycles. The zero-order chi connectivity index (χ0) is 18.8. The molecule has 0 aliphatic carbocycles. The largest absolute Gasteiger partial charge is 0.383 e. The predicted octanol–water partition coefficient (Wildman–Crippen LogP) is 2.83. The Kier molecular flexibility index (Phi) is 5.02. The summed E-state index contributed by atoms with van der Waals surface area (Å²) in [5.74, 6) is -0.849. The van der Waals surface area contributed by atoms with Gasteiger partial charge in [-0.1, -0.05) is 17.7 Å². The van der Waals surface area contributed by atoms with Crippen LogP contribution < -0.4 is 5.32 Å². The Hall–Kier alpha value is -3.01. The Bertz CT molecular complexity index is 938. The number of nitrogens with zero attached hydrogens (tertiary/aromatic N) is 2. The molecule has 0 bridgehead atoms. The van der Waals surface area contributed by atoms with E-state index in [1.807, 2.05) is 0 Å². The van der Waals surface area contributed by atoms with Crippen LogP contribution in [0.1, 0.15) is 11.1 Å². The highest BCUT2D eigenvalue weighted by atomic mass is 32.2. The SMILES string of the molecule is CNc1ccc([N+](=O)[O-])c(CS(=O)(=O)c2ccc(C)cc2)c1[N+](=O)[O-]. The van der Waals surface area contributed by atoms with E-state index in [9.17, 15) is 28.6 Å². The maximum Gasteiger partial charge on any atom is 0.303 e. The van der Waals surface area contributed by atoms with Gasteiger partial charge in [-0.2, -0.15) is 0 Å². The predicted molar refractivity (Wildman–Crippen MR) is 91.4 cm³/mol. The van der Waals surface area contributed by atoms with Crippen LogP contribution in [0.2, 0.25) is 0 Å². The number of nitro benzene ring substituents is 2. The van der Waals surface area contributed by atoms with Gasteiger partial charge >= 0.3 is 5.69 Å². The van der Waals surface area contributed by atoms with Crippen LogP contribution in [0.3, 0.4) is 0 Å². The minimum atomic E-state index is -4.00. The average Bonchev–Trinajstić information content (AvgIpc) is 2.53. The number of hydrogen-bond donors (Lipinski definition) is 1. The van der Waals surface area contributed by atoms with Crippen LogP contribution in [0.15, 0.2) is 41.3 Å². The van der Waals surface area contributed by atoms with E-state index in [1.165, 1.54) is 25.2 Å². The van der Waals surface area contributed by atoms with Crippen LogP contribution in [-0.4, -0.2) is 25.3 Å². The van der Waals surface area contributed by atoms with Gasteiger partial charge in [-0.3, -0.25) is 20.2 Å². The Morgan fingerprint density at radius 2 is 1.60 bits per heavy atom. The van der Waals surface area contributed by atoms with Crippen LogP contribution in [0, 0.1) is 27.2 Å². The number of rotatable bonds is 6. The fourth-order valence-electron chi connectivity index (χ4n) is 2.37. The third kappa shape index (κ3) is 3.74. The number of anilines is 1. The summed E-state index contributed by atoms with van der Waals surface area (Å²) in [5.41, 5.74) is -0.839. The summed E-state index contributed by atoms with van der Waals surface area (Å²) in [6.45, 7) is 1.78. The van der Waals surface area contributed by atoms with E-state index in [0.717, 1.165) is 11.6 Å². The van der Waals surface area contributed by atoms with Crippen molar-refractivity contribution in [3.8, 4) is 0 Å². The van der Waals surface area contributed by atoms with E-state index >= 15 is 0 Å². The molecule has 0 saturated carbocycles. The topological polar surface area (TPSA) is 132 Å². The highest BCUT2D eigenvalue weighted by molar-refractivity contribution is 7.90. The molecule has 0 amide bonds. The van der Waals surface area contributed by atoms with Gasteiger partial charge in [0.15, 0.2) is 9.84 Å². The first-order valence-corrected chi connectivity index (χ1v) is 8.74. The molecule has 0 atom stereocenters. The smallest absolute Gasteiger partial charge is 0.303 e. The summed E-state index contributed by atoms with van der Waals surface area (Å²) >= 11 is 0. The fraction of sp³-hybridized carbons (Fsp3) is 0.200. The van der Waals surface area contributed by atoms with Gasteiger partial charge in [-0.15, -0.1) is 0 Å². The third-order valence-electron chi connectivity index (χ3n) is 3.62. The number of nitro groups is 2. The molecule has 0 unspecified atom stereocenters. The van der Waals surface area contributed by atoms with Crippen LogP contribution >= 0.6 is 0 Å². The highest BCUT2D eigenvalue weighted by Gasteiger charge is 2.32. The first-order valence-electron chi connectivity index (χ1n) is 7.09. The Balaban J connectivity index is 2.66. The summed E-state index contributed by atoms with van der Waals surface area (Å²) < 4.78 is 25.2. The van der Waals surface area contributed by atoms with Crippen molar-refractivity contribution in [1.82, 2.24) is 0 Å². The molecule has 25 heavy (non-hydrogen) atoms. The molecule has 132 valence electrons. The van der Waals surface area contributed by atoms with Crippen molar-refractivity contribution >= 4 is 26.9 Å². The molecule has 1 N–H and O–H groups in total. The molecule has 2 rings (SSSR count). The summed E-state index contributed by atoms with van der Waals surface area (Å²) in [5, 5.41) is 25.2. The van der Waals surface area contributed by atoms with Gasteiger partial charge < -0.3 is 5.32 Å². The van der Waals surface area contributed by atoms with E-state index in [4.69, 9.17) is 0 Å². The second-order valence-corrected chi connectivity index (χ2v) is 7.29. The first-order chi connectivity index (χ1) is 11.7. The molecule has 9 nitrogen and oxygen atoms in total. The van der Waals surface area contributed by atoms with Crippen molar-refractivity contribution < 1.29 is 18.3 Å². The van der Waals surface area contributed by atoms with Crippen molar-refractivity contribution in [3.05, 3.63) is 67.8 Å². The number of nitrogens with one attached hydrogen (secondary N) is 1. The Labute approximate surface area is 143 Å². The molecular formula is C15H15N3O6S. The number of hydrogen-bond acceptors (Lipinski definition) is 7. The van der Waals surface area contributed by atoms with Gasteiger partial charge in [0.25, 0.3) is 5.69 Å². The lowest BCUT2D eigenvalue weighted by atomic mass is 10.1. The van der Waals surface area contributed by atoms with E-state index in [-0.39, 0.29) is 10.6 Å². The molecule has 2 aromatic carbocycles. The lowest BCUT2D eigenvalue weighted by molar-refractivity contribution is -0.394. The summed E-state index contributed by atoms with van der Waals surface area (Å²) in [6, 6.07) is 8.13. The molecule has 10 heteroatoms. The third-order valence-corrected chi connectivity index (χ3v) is 5.28. The molecular weight excluding hydrogens is 350 g/mol. The summed E-state index contributed by atoms with van der Waals surface area (Å²) in [6.07, 6.45) is 0. The molecule has 0 aliphatic rings. The molecule has 0 spiro atoms. The molecule has 0 heterocycles. The zero-order valence-corrected chi connectivity index (χ0v) is 14.2. The monoisotopic (exact) mass is 365 g/mol. The van der Waals surface area contributed by atoms with Gasteiger partial charge in [0, 0.05) is 13.1 Å². The highest BCUT2D eigenvalue weighted by Crippen LogP contribution is 2.37.